The van der Waals surface area contributed by atoms with Crippen molar-refractivity contribution in [3.8, 4) is 11.5 Å². The number of aryl methyl sites for hydroxylation is 1. The molecule has 110 valence electrons. The molecule has 0 amide bonds. The Balaban J connectivity index is 1.85. The zero-order valence-electron chi connectivity index (χ0n) is 11.8. The fourth-order valence-corrected chi connectivity index (χ4v) is 2.95. The monoisotopic (exact) mass is 365 g/mol. The second-order valence-corrected chi connectivity index (χ2v) is 6.68. The maximum atomic E-state index is 6.33. The van der Waals surface area contributed by atoms with Gasteiger partial charge in [0.15, 0.2) is 5.75 Å². The Hall–Kier alpha value is -1.03. The van der Waals surface area contributed by atoms with Crippen LogP contribution >= 0.6 is 27.5 Å². The smallest absolute Gasteiger partial charge is 0.150 e. The summed E-state index contributed by atoms with van der Waals surface area (Å²) in [6, 6.07) is 12.6. The van der Waals surface area contributed by atoms with Gasteiger partial charge in [-0.15, -0.1) is 0 Å². The van der Waals surface area contributed by atoms with E-state index in [0.717, 1.165) is 28.1 Å². The van der Waals surface area contributed by atoms with Gasteiger partial charge in [-0.2, -0.15) is 0 Å². The summed E-state index contributed by atoms with van der Waals surface area (Å²) in [6.45, 7) is 2.83. The first-order valence-corrected chi connectivity index (χ1v) is 8.25. The lowest BCUT2D eigenvalue weighted by molar-refractivity contribution is 0.470. The fourth-order valence-electron chi connectivity index (χ4n) is 2.15. The summed E-state index contributed by atoms with van der Waals surface area (Å²) in [5, 5.41) is 4.14. The summed E-state index contributed by atoms with van der Waals surface area (Å²) in [7, 11) is 0. The topological polar surface area (TPSA) is 21.3 Å². The number of para-hydroxylation sites is 1. The van der Waals surface area contributed by atoms with Crippen molar-refractivity contribution in [1.82, 2.24) is 5.32 Å². The lowest BCUT2D eigenvalue weighted by Gasteiger charge is -2.14. The minimum Gasteiger partial charge on any atom is -0.454 e. The molecule has 1 N–H and O–H groups in total. The van der Waals surface area contributed by atoms with Crippen LogP contribution in [-0.2, 0) is 6.54 Å². The highest BCUT2D eigenvalue weighted by atomic mass is 79.9. The molecular formula is C17H17BrClNO. The van der Waals surface area contributed by atoms with Crippen LogP contribution in [0.1, 0.15) is 24.0 Å². The molecule has 2 aromatic carbocycles. The van der Waals surface area contributed by atoms with Crippen LogP contribution in [-0.4, -0.2) is 6.04 Å². The summed E-state index contributed by atoms with van der Waals surface area (Å²) in [5.41, 5.74) is 2.27. The number of ether oxygens (including phenoxy) is 1. The Morgan fingerprint density at radius 3 is 2.81 bits per heavy atom. The van der Waals surface area contributed by atoms with Crippen LogP contribution < -0.4 is 10.1 Å². The van der Waals surface area contributed by atoms with Crippen molar-refractivity contribution in [1.29, 1.82) is 0 Å². The van der Waals surface area contributed by atoms with Crippen LogP contribution in [0.2, 0.25) is 5.02 Å². The molecule has 1 fully saturated rings. The van der Waals surface area contributed by atoms with Gasteiger partial charge in [-0.25, -0.2) is 0 Å². The van der Waals surface area contributed by atoms with Gasteiger partial charge in [-0.1, -0.05) is 29.8 Å². The third kappa shape index (κ3) is 3.79. The van der Waals surface area contributed by atoms with E-state index in [2.05, 4.69) is 34.2 Å². The van der Waals surface area contributed by atoms with Crippen LogP contribution in [0.5, 0.6) is 11.5 Å². The molecule has 0 heterocycles. The number of hydrogen-bond donors (Lipinski definition) is 1. The van der Waals surface area contributed by atoms with Crippen molar-refractivity contribution >= 4 is 27.5 Å². The molecular weight excluding hydrogens is 350 g/mol. The van der Waals surface area contributed by atoms with E-state index < -0.39 is 0 Å². The second kappa shape index (κ2) is 6.39. The molecule has 0 radical (unpaired) electrons. The molecule has 2 nitrogen and oxygen atoms in total. The predicted octanol–water partition coefficient (Wildman–Crippen LogP) is 5.46. The first kappa shape index (κ1) is 14.9. The van der Waals surface area contributed by atoms with Gasteiger partial charge in [0, 0.05) is 18.2 Å². The van der Waals surface area contributed by atoms with Gasteiger partial charge >= 0.3 is 0 Å². The van der Waals surface area contributed by atoms with Gasteiger partial charge in [0.25, 0.3) is 0 Å². The number of benzene rings is 2. The molecule has 0 aliphatic heterocycles. The summed E-state index contributed by atoms with van der Waals surface area (Å²) in [4.78, 5) is 0. The number of halogens is 2. The van der Waals surface area contributed by atoms with Crippen LogP contribution in [0.4, 0.5) is 0 Å². The number of nitrogens with one attached hydrogen (secondary N) is 1. The van der Waals surface area contributed by atoms with Gasteiger partial charge in [0.05, 0.1) is 9.50 Å². The Morgan fingerprint density at radius 2 is 2.10 bits per heavy atom. The number of hydrogen-bond acceptors (Lipinski definition) is 2. The van der Waals surface area contributed by atoms with E-state index in [1.54, 1.807) is 0 Å². The summed E-state index contributed by atoms with van der Waals surface area (Å²) >= 11 is 9.87. The maximum Gasteiger partial charge on any atom is 0.150 e. The zero-order chi connectivity index (χ0) is 14.8. The second-order valence-electron chi connectivity index (χ2n) is 5.42. The Kier molecular flexibility index (Phi) is 4.53. The minimum atomic E-state index is 0.637. The normalized spacial score (nSPS) is 14.2. The highest BCUT2D eigenvalue weighted by Gasteiger charge is 2.21. The first-order chi connectivity index (χ1) is 10.1. The lowest BCUT2D eigenvalue weighted by Crippen LogP contribution is -2.15. The van der Waals surface area contributed by atoms with Gasteiger partial charge in [-0.3, -0.25) is 0 Å². The Bertz CT molecular complexity index is 655. The van der Waals surface area contributed by atoms with E-state index >= 15 is 0 Å². The SMILES string of the molecule is Cc1ccc(Oc2c(Cl)cccc2CNC2CC2)c(Br)c1. The average Bonchev–Trinajstić information content (AvgIpc) is 3.26. The van der Waals surface area contributed by atoms with E-state index in [4.69, 9.17) is 16.3 Å². The largest absolute Gasteiger partial charge is 0.454 e. The van der Waals surface area contributed by atoms with Crippen molar-refractivity contribution < 1.29 is 4.74 Å². The summed E-state index contributed by atoms with van der Waals surface area (Å²) < 4.78 is 6.99. The molecule has 1 aliphatic rings. The fraction of sp³-hybridized carbons (Fsp3) is 0.294. The van der Waals surface area contributed by atoms with Crippen molar-refractivity contribution in [2.45, 2.75) is 32.4 Å². The minimum absolute atomic E-state index is 0.637. The van der Waals surface area contributed by atoms with Gasteiger partial charge in [0.2, 0.25) is 0 Å². The molecule has 1 aliphatic carbocycles. The highest BCUT2D eigenvalue weighted by Crippen LogP contribution is 2.37. The highest BCUT2D eigenvalue weighted by molar-refractivity contribution is 9.10. The van der Waals surface area contributed by atoms with Gasteiger partial charge in [-0.05, 0) is 59.5 Å². The van der Waals surface area contributed by atoms with E-state index in [0.29, 0.717) is 11.1 Å². The lowest BCUT2D eigenvalue weighted by atomic mass is 10.2. The van der Waals surface area contributed by atoms with Gasteiger partial charge in [0.1, 0.15) is 5.75 Å². The summed E-state index contributed by atoms with van der Waals surface area (Å²) in [5.74, 6) is 1.51. The first-order valence-electron chi connectivity index (χ1n) is 7.08. The molecule has 0 spiro atoms. The zero-order valence-corrected chi connectivity index (χ0v) is 14.2. The van der Waals surface area contributed by atoms with Crippen LogP contribution in [0.15, 0.2) is 40.9 Å². The molecule has 3 rings (SSSR count). The molecule has 0 saturated heterocycles. The maximum absolute atomic E-state index is 6.33. The summed E-state index contributed by atoms with van der Waals surface area (Å²) in [6.07, 6.45) is 2.53. The standard InChI is InChI=1S/C17H17BrClNO/c1-11-5-8-16(14(18)9-11)21-17-12(3-2-4-15(17)19)10-20-13-6-7-13/h2-5,8-9,13,20H,6-7,10H2,1H3. The molecule has 0 atom stereocenters. The number of rotatable bonds is 5. The van der Waals surface area contributed by atoms with E-state index in [-0.39, 0.29) is 0 Å². The third-order valence-corrected chi connectivity index (χ3v) is 4.42. The van der Waals surface area contributed by atoms with E-state index in [1.165, 1.54) is 18.4 Å². The quantitative estimate of drug-likeness (QED) is 0.759. The Labute approximate surface area is 138 Å². The van der Waals surface area contributed by atoms with Crippen molar-refractivity contribution in [2.75, 3.05) is 0 Å². The Morgan fingerprint density at radius 1 is 1.29 bits per heavy atom. The predicted molar refractivity (Wildman–Crippen MR) is 90.3 cm³/mol. The van der Waals surface area contributed by atoms with Gasteiger partial charge < -0.3 is 10.1 Å². The molecule has 0 aromatic heterocycles. The molecule has 1 saturated carbocycles. The third-order valence-electron chi connectivity index (χ3n) is 3.51. The van der Waals surface area contributed by atoms with E-state index in [1.807, 2.05) is 30.3 Å². The van der Waals surface area contributed by atoms with Crippen LogP contribution in [0, 0.1) is 6.92 Å². The van der Waals surface area contributed by atoms with E-state index in [9.17, 15) is 0 Å². The van der Waals surface area contributed by atoms with Crippen molar-refractivity contribution in [3.05, 3.63) is 57.0 Å². The molecule has 21 heavy (non-hydrogen) atoms. The van der Waals surface area contributed by atoms with Crippen LogP contribution in [0.3, 0.4) is 0 Å². The average molecular weight is 367 g/mol. The molecule has 2 aromatic rings. The molecule has 4 heteroatoms. The van der Waals surface area contributed by atoms with Crippen molar-refractivity contribution in [3.63, 3.8) is 0 Å². The van der Waals surface area contributed by atoms with Crippen molar-refractivity contribution in [2.24, 2.45) is 0 Å². The van der Waals surface area contributed by atoms with Crippen LogP contribution in [0.25, 0.3) is 0 Å². The molecule has 0 bridgehead atoms. The molecule has 0 unspecified atom stereocenters.